The first-order chi connectivity index (χ1) is 14.8. The average molecular weight is 418 g/mol. The van der Waals surface area contributed by atoms with Crippen LogP contribution in [0.5, 0.6) is 0 Å². The lowest BCUT2D eigenvalue weighted by atomic mass is 10.1. The second kappa shape index (κ2) is 8.21. The Bertz CT molecular complexity index is 1190. The summed E-state index contributed by atoms with van der Waals surface area (Å²) in [6, 6.07) is 7.50. The predicted octanol–water partition coefficient (Wildman–Crippen LogP) is 2.81. The first kappa shape index (κ1) is 18.7. The molecule has 0 aliphatic carbocycles. The third-order valence-electron chi connectivity index (χ3n) is 4.98. The Morgan fingerprint density at radius 2 is 1.93 bits per heavy atom. The number of morpholine rings is 1. The molecule has 1 saturated heterocycles. The van der Waals surface area contributed by atoms with Crippen LogP contribution in [0.4, 0.5) is 5.82 Å². The molecule has 5 rings (SSSR count). The van der Waals surface area contributed by atoms with Crippen LogP contribution in [0, 0.1) is 0 Å². The number of Topliss-reactive ketones (excluding diaryl/α,β-unsaturated/α-hetero) is 1. The molecule has 5 heterocycles. The van der Waals surface area contributed by atoms with E-state index in [4.69, 9.17) is 4.74 Å². The zero-order valence-electron chi connectivity index (χ0n) is 16.1. The van der Waals surface area contributed by atoms with Gasteiger partial charge < -0.3 is 9.64 Å². The lowest BCUT2D eigenvalue weighted by Crippen LogP contribution is -2.36. The number of carbonyl (C=O) groups excluding carboxylic acids is 1. The number of aromatic nitrogens is 5. The van der Waals surface area contributed by atoms with E-state index in [2.05, 4.69) is 30.0 Å². The summed E-state index contributed by atoms with van der Waals surface area (Å²) in [6.07, 6.45) is 5.42. The monoisotopic (exact) mass is 418 g/mol. The highest BCUT2D eigenvalue weighted by molar-refractivity contribution is 7.12. The Balaban J connectivity index is 1.37. The molecule has 1 fully saturated rings. The van der Waals surface area contributed by atoms with Gasteiger partial charge in [0.2, 0.25) is 0 Å². The number of hydrogen-bond donors (Lipinski definition) is 0. The molecule has 0 atom stereocenters. The Hall–Kier alpha value is -3.30. The minimum absolute atomic E-state index is 0.0113. The van der Waals surface area contributed by atoms with Crippen LogP contribution in [-0.4, -0.2) is 57.2 Å². The first-order valence-corrected chi connectivity index (χ1v) is 10.5. The van der Waals surface area contributed by atoms with Crippen molar-refractivity contribution in [3.8, 4) is 10.7 Å². The molecule has 0 saturated carbocycles. The quantitative estimate of drug-likeness (QED) is 0.457. The Labute approximate surface area is 176 Å². The van der Waals surface area contributed by atoms with Gasteiger partial charge in [-0.1, -0.05) is 11.3 Å². The third-order valence-corrected chi connectivity index (χ3v) is 5.70. The summed E-state index contributed by atoms with van der Waals surface area (Å²) in [4.78, 5) is 28.3. The van der Waals surface area contributed by atoms with Crippen molar-refractivity contribution in [3.63, 3.8) is 0 Å². The van der Waals surface area contributed by atoms with Gasteiger partial charge in [0.15, 0.2) is 10.8 Å². The van der Waals surface area contributed by atoms with Gasteiger partial charge in [0, 0.05) is 48.3 Å². The topological polar surface area (TPSA) is 94.0 Å². The van der Waals surface area contributed by atoms with E-state index >= 15 is 0 Å². The molecule has 4 aromatic heterocycles. The molecule has 30 heavy (non-hydrogen) atoms. The van der Waals surface area contributed by atoms with Gasteiger partial charge in [-0.15, -0.1) is 10.2 Å². The van der Waals surface area contributed by atoms with Crippen molar-refractivity contribution in [1.29, 1.82) is 0 Å². The molecular weight excluding hydrogens is 400 g/mol. The number of ketones is 1. The van der Waals surface area contributed by atoms with Gasteiger partial charge in [-0.25, -0.2) is 4.98 Å². The summed E-state index contributed by atoms with van der Waals surface area (Å²) >= 11 is 1.44. The second-order valence-electron chi connectivity index (χ2n) is 6.94. The fourth-order valence-electron chi connectivity index (χ4n) is 3.41. The Morgan fingerprint density at radius 1 is 1.07 bits per heavy atom. The molecule has 0 bridgehead atoms. The van der Waals surface area contributed by atoms with E-state index in [1.54, 1.807) is 30.2 Å². The van der Waals surface area contributed by atoms with Crippen LogP contribution >= 0.6 is 11.3 Å². The van der Waals surface area contributed by atoms with Crippen molar-refractivity contribution in [2.24, 2.45) is 0 Å². The maximum absolute atomic E-state index is 12.9. The van der Waals surface area contributed by atoms with Gasteiger partial charge in [0.25, 0.3) is 0 Å². The Morgan fingerprint density at radius 3 is 2.77 bits per heavy atom. The maximum atomic E-state index is 12.9. The van der Waals surface area contributed by atoms with Gasteiger partial charge in [0.1, 0.15) is 17.0 Å². The van der Waals surface area contributed by atoms with Gasteiger partial charge in [0.05, 0.1) is 19.6 Å². The van der Waals surface area contributed by atoms with Gasteiger partial charge >= 0.3 is 0 Å². The van der Waals surface area contributed by atoms with Crippen molar-refractivity contribution >= 4 is 33.7 Å². The molecule has 4 aromatic rings. The second-order valence-corrected chi connectivity index (χ2v) is 7.77. The lowest BCUT2D eigenvalue weighted by Gasteiger charge is -2.27. The summed E-state index contributed by atoms with van der Waals surface area (Å²) in [5.74, 6) is 0.820. The number of fused-ring (bicyclic) bond motifs is 1. The molecular formula is C21H18N6O2S. The summed E-state index contributed by atoms with van der Waals surface area (Å²) in [5, 5.41) is 10.6. The first-order valence-electron chi connectivity index (χ1n) is 9.59. The van der Waals surface area contributed by atoms with Crippen molar-refractivity contribution in [1.82, 2.24) is 25.1 Å². The highest BCUT2D eigenvalue weighted by Gasteiger charge is 2.15. The minimum atomic E-state index is 0.0113. The molecule has 9 heteroatoms. The van der Waals surface area contributed by atoms with Crippen LogP contribution in [-0.2, 0) is 11.2 Å². The van der Waals surface area contributed by atoms with E-state index in [1.165, 1.54) is 11.3 Å². The molecule has 150 valence electrons. The van der Waals surface area contributed by atoms with Crippen LogP contribution in [0.2, 0.25) is 0 Å². The van der Waals surface area contributed by atoms with Crippen LogP contribution in [0.3, 0.4) is 0 Å². The summed E-state index contributed by atoms with van der Waals surface area (Å²) in [6.45, 7) is 2.91. The lowest BCUT2D eigenvalue weighted by molar-refractivity contribution is 0.0992. The number of anilines is 1. The number of nitrogens with zero attached hydrogens (tertiary/aromatic N) is 6. The molecule has 0 N–H and O–H groups in total. The molecule has 0 unspecified atom stereocenters. The SMILES string of the molecule is O=C(Cc1cc2cc(-c3nncs3)ncc2cn1)c1ccnc(N2CCOCC2)c1. The van der Waals surface area contributed by atoms with Crippen molar-refractivity contribution in [2.75, 3.05) is 31.2 Å². The highest BCUT2D eigenvalue weighted by Crippen LogP contribution is 2.23. The zero-order chi connectivity index (χ0) is 20.3. The fourth-order valence-corrected chi connectivity index (χ4v) is 3.93. The standard InChI is InChI=1S/C21H18N6O2S/c28-19(14-1-2-22-20(9-14)27-3-5-29-6-4-27)10-17-7-15-8-18(21-26-25-13-30-21)24-12-16(15)11-23-17/h1-2,7-9,11-13H,3-6,10H2. The average Bonchev–Trinajstić information content (AvgIpc) is 3.34. The smallest absolute Gasteiger partial charge is 0.169 e. The molecule has 1 aliphatic heterocycles. The van der Waals surface area contributed by atoms with Gasteiger partial charge in [-0.2, -0.15) is 0 Å². The van der Waals surface area contributed by atoms with E-state index < -0.39 is 0 Å². The Kier molecular flexibility index (Phi) is 5.12. The highest BCUT2D eigenvalue weighted by atomic mass is 32.1. The predicted molar refractivity (Wildman–Crippen MR) is 114 cm³/mol. The largest absolute Gasteiger partial charge is 0.378 e. The van der Waals surface area contributed by atoms with Crippen LogP contribution in [0.25, 0.3) is 21.5 Å². The molecule has 0 spiro atoms. The fraction of sp³-hybridized carbons (Fsp3) is 0.238. The zero-order valence-corrected chi connectivity index (χ0v) is 16.9. The summed E-state index contributed by atoms with van der Waals surface area (Å²) in [5.41, 5.74) is 3.79. The van der Waals surface area contributed by atoms with Crippen LogP contribution in [0.1, 0.15) is 16.1 Å². The molecule has 1 aliphatic rings. The van der Waals surface area contributed by atoms with Crippen LogP contribution < -0.4 is 4.90 Å². The molecule has 0 aromatic carbocycles. The molecule has 0 amide bonds. The van der Waals surface area contributed by atoms with Gasteiger partial charge in [-0.05, 0) is 29.7 Å². The van der Waals surface area contributed by atoms with Crippen molar-refractivity contribution in [3.05, 3.63) is 59.6 Å². The summed E-state index contributed by atoms with van der Waals surface area (Å²) in [7, 11) is 0. The number of pyridine rings is 3. The maximum Gasteiger partial charge on any atom is 0.169 e. The summed E-state index contributed by atoms with van der Waals surface area (Å²) < 4.78 is 5.39. The number of hydrogen-bond acceptors (Lipinski definition) is 9. The molecule has 8 nitrogen and oxygen atoms in total. The number of rotatable bonds is 5. The van der Waals surface area contributed by atoms with Crippen LogP contribution in [0.15, 0.2) is 48.4 Å². The molecule has 0 radical (unpaired) electrons. The number of ether oxygens (including phenoxy) is 1. The van der Waals surface area contributed by atoms with Gasteiger partial charge in [-0.3, -0.25) is 14.8 Å². The van der Waals surface area contributed by atoms with E-state index in [0.717, 1.165) is 40.4 Å². The van der Waals surface area contributed by atoms with E-state index in [1.807, 2.05) is 18.2 Å². The minimum Gasteiger partial charge on any atom is -0.378 e. The van der Waals surface area contributed by atoms with E-state index in [0.29, 0.717) is 24.5 Å². The van der Waals surface area contributed by atoms with Crippen molar-refractivity contribution < 1.29 is 9.53 Å². The van der Waals surface area contributed by atoms with E-state index in [9.17, 15) is 4.79 Å². The number of carbonyl (C=O) groups is 1. The van der Waals surface area contributed by atoms with E-state index in [-0.39, 0.29) is 12.2 Å². The third kappa shape index (κ3) is 3.89. The normalized spacial score (nSPS) is 14.2. The van der Waals surface area contributed by atoms with Crippen molar-refractivity contribution in [2.45, 2.75) is 6.42 Å².